The Kier molecular flexibility index (Phi) is 7.57. The van der Waals surface area contributed by atoms with E-state index in [9.17, 15) is 0 Å². The SMILES string of the molecule is C[Si](C)([CH2][Sn]([CH3])([CH3])[CH2]Cl)[CH2][Sn]([CH3])([CH3])[CH2]Cl. The first kappa shape index (κ1) is 17.4. The molecular formula is C10H26Cl2SiSn2. The predicted octanol–water partition coefficient (Wildman–Crippen LogP) is 4.75. The van der Waals surface area contributed by atoms with Gasteiger partial charge in [0.15, 0.2) is 0 Å². The first-order chi connectivity index (χ1) is 6.54. The third kappa shape index (κ3) is 8.17. The van der Waals surface area contributed by atoms with Crippen LogP contribution < -0.4 is 0 Å². The molecule has 0 amide bonds. The van der Waals surface area contributed by atoms with Gasteiger partial charge in [0.05, 0.1) is 0 Å². The van der Waals surface area contributed by atoms with Gasteiger partial charge in [0.1, 0.15) is 0 Å². The van der Waals surface area contributed by atoms with E-state index < -0.39 is 44.8 Å². The summed E-state index contributed by atoms with van der Waals surface area (Å²) in [7, 11) is -0.998. The van der Waals surface area contributed by atoms with Crippen molar-refractivity contribution < 1.29 is 0 Å². The predicted molar refractivity (Wildman–Crippen MR) is 83.5 cm³/mol. The van der Waals surface area contributed by atoms with Crippen LogP contribution in [0.2, 0.25) is 41.0 Å². The molecule has 0 unspecified atom stereocenters. The van der Waals surface area contributed by atoms with Gasteiger partial charge in [-0.15, -0.1) is 0 Å². The molecule has 0 aromatic rings. The monoisotopic (exact) mass is 484 g/mol. The van der Waals surface area contributed by atoms with Crippen LogP contribution in [-0.4, -0.2) is 52.6 Å². The molecule has 0 fully saturated rings. The molecule has 0 saturated heterocycles. The van der Waals surface area contributed by atoms with Crippen LogP contribution in [-0.2, 0) is 0 Å². The Bertz CT molecular complexity index is 186. The van der Waals surface area contributed by atoms with Gasteiger partial charge in [-0.3, -0.25) is 0 Å². The third-order valence-electron chi connectivity index (χ3n) is 2.64. The second-order valence-electron chi connectivity index (χ2n) is 7.11. The summed E-state index contributed by atoms with van der Waals surface area (Å²) in [5.74, 6) is 0. The molecule has 0 aromatic carbocycles. The van der Waals surface area contributed by atoms with E-state index in [1.54, 1.807) is 8.12 Å². The van der Waals surface area contributed by atoms with Gasteiger partial charge in [-0.25, -0.2) is 0 Å². The zero-order valence-corrected chi connectivity index (χ0v) is 19.3. The van der Waals surface area contributed by atoms with Crippen LogP contribution in [0.4, 0.5) is 0 Å². The van der Waals surface area contributed by atoms with Gasteiger partial charge in [0.2, 0.25) is 0 Å². The van der Waals surface area contributed by atoms with Crippen LogP contribution >= 0.6 is 23.2 Å². The van der Waals surface area contributed by atoms with Crippen LogP contribution in [0.3, 0.4) is 0 Å². The Hall–Kier alpha value is 2.39. The summed E-state index contributed by atoms with van der Waals surface area (Å²) < 4.78 is 5.06. The van der Waals surface area contributed by atoms with Gasteiger partial charge in [0, 0.05) is 0 Å². The second-order valence-corrected chi connectivity index (χ2v) is 48.0. The number of halogens is 2. The molecule has 0 spiro atoms. The molecule has 92 valence electrons. The molecule has 0 saturated carbocycles. The van der Waals surface area contributed by atoms with Crippen LogP contribution in [0.15, 0.2) is 0 Å². The summed E-state index contributed by atoms with van der Waals surface area (Å²) in [6.45, 7) is 5.12. The maximum atomic E-state index is 6.11. The van der Waals surface area contributed by atoms with Crippen molar-refractivity contribution >= 4 is 68.0 Å². The molecule has 0 rings (SSSR count). The number of hydrogen-bond acceptors (Lipinski definition) is 0. The molecule has 0 N–H and O–H groups in total. The first-order valence-corrected chi connectivity index (χ1v) is 29.6. The average Bonchev–Trinajstić information content (AvgIpc) is 2.00. The van der Waals surface area contributed by atoms with Crippen LogP contribution in [0.25, 0.3) is 0 Å². The fraction of sp³-hybridized carbons (Fsp3) is 1.00. The first-order valence-electron chi connectivity index (χ1n) is 5.66. The van der Waals surface area contributed by atoms with E-state index in [1.807, 2.05) is 0 Å². The molecule has 0 heterocycles. The summed E-state index contributed by atoms with van der Waals surface area (Å²) in [5.41, 5.74) is 0. The standard InChI is InChI=1S/C4H10Si.2CH2Cl.4CH3.2Sn/c1-5(2,3)4;2*1-2;;;;;;/h1-2H2,3-4H3;2*1H2;4*1H3;;. The zero-order valence-electron chi connectivity index (χ0n) is 11.1. The molecule has 0 aliphatic rings. The molecule has 0 aromatic heterocycles. The molecule has 0 nitrogen and oxygen atoms in total. The Morgan fingerprint density at radius 3 is 1.27 bits per heavy atom. The number of hydrogen-bond donors (Lipinski definition) is 0. The van der Waals surface area contributed by atoms with Crippen LogP contribution in [0.1, 0.15) is 0 Å². The number of alkyl halides is 2. The summed E-state index contributed by atoms with van der Waals surface area (Å²) >= 11 is 8.55. The molecule has 0 aliphatic carbocycles. The summed E-state index contributed by atoms with van der Waals surface area (Å²) in [4.78, 5) is 10.00. The van der Waals surface area contributed by atoms with Crippen molar-refractivity contribution in [3.63, 3.8) is 0 Å². The normalized spacial score (nSPS) is 14.4. The van der Waals surface area contributed by atoms with E-state index in [0.29, 0.717) is 0 Å². The summed E-state index contributed by atoms with van der Waals surface area (Å²) in [5, 5.41) is 0. The van der Waals surface area contributed by atoms with Gasteiger partial charge in [-0.1, -0.05) is 0 Å². The average molecular weight is 483 g/mol. The van der Waals surface area contributed by atoms with E-state index in [2.05, 4.69) is 32.9 Å². The third-order valence-corrected chi connectivity index (χ3v) is 53.1. The van der Waals surface area contributed by atoms with E-state index in [1.165, 1.54) is 0 Å². The Balaban J connectivity index is 4.43. The molecular weight excluding hydrogens is 457 g/mol. The summed E-state index contributed by atoms with van der Waals surface area (Å²) in [6.07, 6.45) is 0. The molecule has 15 heavy (non-hydrogen) atoms. The van der Waals surface area contributed by atoms with Crippen molar-refractivity contribution in [1.82, 2.24) is 0 Å². The fourth-order valence-corrected chi connectivity index (χ4v) is 66.3. The Morgan fingerprint density at radius 1 is 0.800 bits per heavy atom. The van der Waals surface area contributed by atoms with Crippen molar-refractivity contribution in [1.29, 1.82) is 0 Å². The van der Waals surface area contributed by atoms with Crippen molar-refractivity contribution in [2.24, 2.45) is 0 Å². The van der Waals surface area contributed by atoms with E-state index in [-0.39, 0.29) is 0 Å². The van der Waals surface area contributed by atoms with Gasteiger partial charge in [0.25, 0.3) is 0 Å². The quantitative estimate of drug-likeness (QED) is 0.379. The van der Waals surface area contributed by atoms with Crippen molar-refractivity contribution in [3.8, 4) is 0 Å². The molecule has 0 aliphatic heterocycles. The van der Waals surface area contributed by atoms with Gasteiger partial charge in [-0.2, -0.15) is 0 Å². The second kappa shape index (κ2) is 6.53. The minimum absolute atomic E-state index is 0.988. The van der Waals surface area contributed by atoms with Crippen LogP contribution in [0, 0.1) is 0 Å². The minimum atomic E-state index is -1.83. The van der Waals surface area contributed by atoms with Gasteiger partial charge >= 0.3 is 117 Å². The molecule has 0 atom stereocenters. The molecule has 0 radical (unpaired) electrons. The Labute approximate surface area is 115 Å². The van der Waals surface area contributed by atoms with Crippen molar-refractivity contribution in [2.45, 2.75) is 41.0 Å². The zero-order chi connectivity index (χ0) is 12.3. The number of rotatable bonds is 6. The maximum absolute atomic E-state index is 6.11. The summed E-state index contributed by atoms with van der Waals surface area (Å²) in [6, 6.07) is 0. The van der Waals surface area contributed by atoms with Gasteiger partial charge < -0.3 is 0 Å². The van der Waals surface area contributed by atoms with Gasteiger partial charge in [-0.05, 0) is 0 Å². The van der Waals surface area contributed by atoms with Crippen molar-refractivity contribution in [3.05, 3.63) is 0 Å². The Morgan fingerprint density at radius 2 is 1.07 bits per heavy atom. The topological polar surface area (TPSA) is 0 Å². The van der Waals surface area contributed by atoms with E-state index >= 15 is 0 Å². The van der Waals surface area contributed by atoms with E-state index in [0.717, 1.165) is 7.79 Å². The molecule has 0 bridgehead atoms. The van der Waals surface area contributed by atoms with E-state index in [4.69, 9.17) is 23.2 Å². The molecule has 5 heteroatoms. The fourth-order valence-electron chi connectivity index (χ4n) is 2.75. The van der Waals surface area contributed by atoms with Crippen LogP contribution in [0.5, 0.6) is 0 Å². The van der Waals surface area contributed by atoms with Crippen molar-refractivity contribution in [2.75, 3.05) is 7.79 Å².